The van der Waals surface area contributed by atoms with Crippen molar-refractivity contribution in [1.82, 2.24) is 0 Å². The molecule has 0 amide bonds. The molecule has 0 spiro atoms. The first-order chi connectivity index (χ1) is 6.59. The number of hydrogen-bond donors (Lipinski definition) is 1. The monoisotopic (exact) mass is 190 g/mol. The molecule has 0 radical (unpaired) electrons. The van der Waals surface area contributed by atoms with Gasteiger partial charge in [0.05, 0.1) is 6.10 Å². The van der Waals surface area contributed by atoms with Gasteiger partial charge in [0, 0.05) is 0 Å². The molecule has 1 aromatic rings. The smallest absolute Gasteiger partial charge is 0.0795 e. The Kier molecular flexibility index (Phi) is 2.36. The molecule has 1 aliphatic rings. The average molecular weight is 190 g/mol. The molecule has 0 aromatic heterocycles. The highest BCUT2D eigenvalue weighted by molar-refractivity contribution is 5.24. The van der Waals surface area contributed by atoms with Crippen LogP contribution in [0.5, 0.6) is 0 Å². The SMILES string of the molecule is Cc1cccc(C(O)CC2(C)CC2)c1. The topological polar surface area (TPSA) is 20.2 Å². The van der Waals surface area contributed by atoms with Crippen LogP contribution >= 0.6 is 0 Å². The van der Waals surface area contributed by atoms with Crippen molar-refractivity contribution in [2.24, 2.45) is 5.41 Å². The van der Waals surface area contributed by atoms with E-state index in [1.807, 2.05) is 12.1 Å². The van der Waals surface area contributed by atoms with Crippen molar-refractivity contribution in [2.75, 3.05) is 0 Å². The second-order valence-corrected chi connectivity index (χ2v) is 4.94. The van der Waals surface area contributed by atoms with Gasteiger partial charge in [0.15, 0.2) is 0 Å². The number of aryl methyl sites for hydroxylation is 1. The molecule has 14 heavy (non-hydrogen) atoms. The third kappa shape index (κ3) is 2.16. The minimum absolute atomic E-state index is 0.276. The third-order valence-corrected chi connectivity index (χ3v) is 3.22. The van der Waals surface area contributed by atoms with Gasteiger partial charge in [-0.1, -0.05) is 36.8 Å². The van der Waals surface area contributed by atoms with Crippen LogP contribution in [0.15, 0.2) is 24.3 Å². The van der Waals surface area contributed by atoms with Crippen LogP contribution in [0.25, 0.3) is 0 Å². The molecule has 2 rings (SSSR count). The van der Waals surface area contributed by atoms with Crippen LogP contribution < -0.4 is 0 Å². The predicted molar refractivity (Wildman–Crippen MR) is 58.1 cm³/mol. The minimum atomic E-state index is -0.276. The lowest BCUT2D eigenvalue weighted by Gasteiger charge is -2.15. The van der Waals surface area contributed by atoms with E-state index in [1.54, 1.807) is 0 Å². The summed E-state index contributed by atoms with van der Waals surface area (Å²) in [6, 6.07) is 8.18. The fourth-order valence-corrected chi connectivity index (χ4v) is 1.88. The predicted octanol–water partition coefficient (Wildman–Crippen LogP) is 3.22. The molecular formula is C13H18O. The summed E-state index contributed by atoms with van der Waals surface area (Å²) in [6.07, 6.45) is 3.18. The van der Waals surface area contributed by atoms with E-state index in [0.717, 1.165) is 12.0 Å². The van der Waals surface area contributed by atoms with E-state index < -0.39 is 0 Å². The molecule has 1 aromatic carbocycles. The van der Waals surface area contributed by atoms with E-state index >= 15 is 0 Å². The van der Waals surface area contributed by atoms with Crippen molar-refractivity contribution >= 4 is 0 Å². The van der Waals surface area contributed by atoms with E-state index in [2.05, 4.69) is 26.0 Å². The van der Waals surface area contributed by atoms with Gasteiger partial charge in [-0.3, -0.25) is 0 Å². The largest absolute Gasteiger partial charge is 0.388 e. The van der Waals surface area contributed by atoms with Crippen LogP contribution in [0.2, 0.25) is 0 Å². The van der Waals surface area contributed by atoms with Gasteiger partial charge in [0.1, 0.15) is 0 Å². The summed E-state index contributed by atoms with van der Waals surface area (Å²) in [5.41, 5.74) is 2.71. The normalized spacial score (nSPS) is 20.5. The highest BCUT2D eigenvalue weighted by Gasteiger charge is 2.38. The number of hydrogen-bond acceptors (Lipinski definition) is 1. The summed E-state index contributed by atoms with van der Waals surface area (Å²) >= 11 is 0. The molecule has 1 atom stereocenters. The molecule has 1 heteroatoms. The van der Waals surface area contributed by atoms with Crippen molar-refractivity contribution in [1.29, 1.82) is 0 Å². The van der Waals surface area contributed by atoms with E-state index in [9.17, 15) is 5.11 Å². The summed E-state index contributed by atoms with van der Waals surface area (Å²) in [6.45, 7) is 4.32. The molecule has 76 valence electrons. The van der Waals surface area contributed by atoms with Gasteiger partial charge in [-0.25, -0.2) is 0 Å². The van der Waals surface area contributed by atoms with Crippen LogP contribution in [-0.4, -0.2) is 5.11 Å². The first-order valence-electron chi connectivity index (χ1n) is 5.34. The second kappa shape index (κ2) is 3.39. The van der Waals surface area contributed by atoms with Gasteiger partial charge in [-0.2, -0.15) is 0 Å². The zero-order chi connectivity index (χ0) is 10.2. The maximum absolute atomic E-state index is 10.0. The van der Waals surface area contributed by atoms with Gasteiger partial charge in [-0.15, -0.1) is 0 Å². The molecule has 1 aliphatic carbocycles. The maximum Gasteiger partial charge on any atom is 0.0795 e. The van der Waals surface area contributed by atoms with Crippen LogP contribution in [0.3, 0.4) is 0 Å². The molecule has 1 fully saturated rings. The minimum Gasteiger partial charge on any atom is -0.388 e. The quantitative estimate of drug-likeness (QED) is 0.776. The van der Waals surface area contributed by atoms with Crippen molar-refractivity contribution in [2.45, 2.75) is 39.2 Å². The van der Waals surface area contributed by atoms with Crippen molar-refractivity contribution in [3.8, 4) is 0 Å². The first-order valence-corrected chi connectivity index (χ1v) is 5.34. The number of rotatable bonds is 3. The van der Waals surface area contributed by atoms with Crippen LogP contribution in [0.1, 0.15) is 43.4 Å². The Balaban J connectivity index is 2.06. The Bertz CT molecular complexity index is 326. The van der Waals surface area contributed by atoms with Gasteiger partial charge in [0.25, 0.3) is 0 Å². The molecular weight excluding hydrogens is 172 g/mol. The van der Waals surface area contributed by atoms with Crippen LogP contribution in [0.4, 0.5) is 0 Å². The summed E-state index contributed by atoms with van der Waals surface area (Å²) in [4.78, 5) is 0. The Morgan fingerprint density at radius 3 is 2.71 bits per heavy atom. The van der Waals surface area contributed by atoms with E-state index in [1.165, 1.54) is 18.4 Å². The zero-order valence-corrected chi connectivity index (χ0v) is 8.96. The standard InChI is InChI=1S/C13H18O/c1-10-4-3-5-11(8-10)12(14)9-13(2)6-7-13/h3-5,8,12,14H,6-7,9H2,1-2H3. The number of aliphatic hydroxyl groups excluding tert-OH is 1. The first kappa shape index (κ1) is 9.72. The lowest BCUT2D eigenvalue weighted by molar-refractivity contribution is 0.142. The van der Waals surface area contributed by atoms with Crippen molar-refractivity contribution in [3.05, 3.63) is 35.4 Å². The third-order valence-electron chi connectivity index (χ3n) is 3.22. The van der Waals surface area contributed by atoms with E-state index in [4.69, 9.17) is 0 Å². The Morgan fingerprint density at radius 2 is 2.14 bits per heavy atom. The molecule has 0 aliphatic heterocycles. The Morgan fingerprint density at radius 1 is 1.43 bits per heavy atom. The molecule has 1 unspecified atom stereocenters. The lowest BCUT2D eigenvalue weighted by Crippen LogP contribution is -2.04. The average Bonchev–Trinajstić information content (AvgIpc) is 2.83. The lowest BCUT2D eigenvalue weighted by atomic mass is 9.95. The Labute approximate surface area is 85.8 Å². The van der Waals surface area contributed by atoms with E-state index in [-0.39, 0.29) is 6.10 Å². The van der Waals surface area contributed by atoms with Crippen LogP contribution in [0, 0.1) is 12.3 Å². The molecule has 1 N–H and O–H groups in total. The molecule has 1 nitrogen and oxygen atoms in total. The van der Waals surface area contributed by atoms with Gasteiger partial charge in [0.2, 0.25) is 0 Å². The van der Waals surface area contributed by atoms with Gasteiger partial charge < -0.3 is 5.11 Å². The number of aliphatic hydroxyl groups is 1. The maximum atomic E-state index is 10.0. The summed E-state index contributed by atoms with van der Waals surface area (Å²) in [5, 5.41) is 10.0. The fourth-order valence-electron chi connectivity index (χ4n) is 1.88. The number of benzene rings is 1. The summed E-state index contributed by atoms with van der Waals surface area (Å²) < 4.78 is 0. The van der Waals surface area contributed by atoms with Crippen molar-refractivity contribution in [3.63, 3.8) is 0 Å². The second-order valence-electron chi connectivity index (χ2n) is 4.94. The van der Waals surface area contributed by atoms with Crippen LogP contribution in [-0.2, 0) is 0 Å². The molecule has 0 heterocycles. The van der Waals surface area contributed by atoms with Gasteiger partial charge in [-0.05, 0) is 37.2 Å². The summed E-state index contributed by atoms with van der Waals surface area (Å²) in [5.74, 6) is 0. The molecule has 1 saturated carbocycles. The van der Waals surface area contributed by atoms with Gasteiger partial charge >= 0.3 is 0 Å². The molecule has 0 saturated heterocycles. The Hall–Kier alpha value is -0.820. The van der Waals surface area contributed by atoms with E-state index in [0.29, 0.717) is 5.41 Å². The highest BCUT2D eigenvalue weighted by atomic mass is 16.3. The summed E-state index contributed by atoms with van der Waals surface area (Å²) in [7, 11) is 0. The zero-order valence-electron chi connectivity index (χ0n) is 8.96. The van der Waals surface area contributed by atoms with Crippen molar-refractivity contribution < 1.29 is 5.11 Å². The fraction of sp³-hybridized carbons (Fsp3) is 0.538. The highest BCUT2D eigenvalue weighted by Crippen LogP contribution is 2.51. The molecule has 0 bridgehead atoms.